The molecule has 0 saturated carbocycles. The van der Waals surface area contributed by atoms with Gasteiger partial charge in [-0.1, -0.05) is 218 Å². The average Bonchev–Trinajstić information content (AvgIpc) is 3.44. The molecule has 390 valence electrons. The monoisotopic (exact) mass is 1070 g/mol. The number of aromatic nitrogens is 6. The van der Waals surface area contributed by atoms with Crippen LogP contribution in [0.1, 0.15) is 0 Å². The average molecular weight is 1070 g/mol. The van der Waals surface area contributed by atoms with Crippen molar-refractivity contribution in [2.45, 2.75) is 0 Å². The smallest absolute Gasteiger partial charge is 0.161 e. The predicted octanol–water partition coefficient (Wildman–Crippen LogP) is 20.0. The van der Waals surface area contributed by atoms with E-state index in [0.717, 1.165) is 133 Å². The topological polar surface area (TPSA) is 77.3 Å². The summed E-state index contributed by atoms with van der Waals surface area (Å²) in [6.45, 7) is 0. The third-order valence-electron chi connectivity index (χ3n) is 16.4. The fourth-order valence-electron chi connectivity index (χ4n) is 12.0. The fourth-order valence-corrected chi connectivity index (χ4v) is 12.0. The molecule has 0 bridgehead atoms. The van der Waals surface area contributed by atoms with Crippen LogP contribution in [-0.4, -0.2) is 29.9 Å². The first-order chi connectivity index (χ1) is 41.6. The van der Waals surface area contributed by atoms with E-state index >= 15 is 0 Å². The van der Waals surface area contributed by atoms with Gasteiger partial charge in [-0.2, -0.15) is 0 Å². The molecule has 6 heteroatoms. The molecule has 0 amide bonds. The molecular formula is C78H48N6. The Hall–Kier alpha value is -11.3. The van der Waals surface area contributed by atoms with Crippen molar-refractivity contribution in [3.05, 3.63) is 291 Å². The van der Waals surface area contributed by atoms with Gasteiger partial charge in [0.15, 0.2) is 11.6 Å². The van der Waals surface area contributed by atoms with Gasteiger partial charge in [0, 0.05) is 56.5 Å². The Morgan fingerprint density at radius 3 is 0.845 bits per heavy atom. The van der Waals surface area contributed by atoms with Gasteiger partial charge in [-0.05, 0) is 137 Å². The van der Waals surface area contributed by atoms with Gasteiger partial charge in [0.1, 0.15) is 0 Å². The van der Waals surface area contributed by atoms with Gasteiger partial charge in [0.25, 0.3) is 0 Å². The lowest BCUT2D eigenvalue weighted by Crippen LogP contribution is -1.97. The molecule has 6 nitrogen and oxygen atoms in total. The van der Waals surface area contributed by atoms with E-state index in [0.29, 0.717) is 11.6 Å². The fraction of sp³-hybridized carbons (Fsp3) is 0. The first kappa shape index (κ1) is 48.6. The summed E-state index contributed by atoms with van der Waals surface area (Å²) in [7, 11) is 0. The minimum atomic E-state index is 0.677. The van der Waals surface area contributed by atoms with Crippen LogP contribution >= 0.6 is 0 Å². The summed E-state index contributed by atoms with van der Waals surface area (Å²) in [5.74, 6) is 1.35. The van der Waals surface area contributed by atoms with E-state index in [-0.39, 0.29) is 0 Å². The van der Waals surface area contributed by atoms with Crippen LogP contribution in [0.5, 0.6) is 0 Å². The molecule has 16 rings (SSSR count). The molecule has 0 aliphatic carbocycles. The van der Waals surface area contributed by atoms with E-state index in [1.54, 1.807) is 0 Å². The highest BCUT2D eigenvalue weighted by molar-refractivity contribution is 6.14. The van der Waals surface area contributed by atoms with Gasteiger partial charge in [0.2, 0.25) is 0 Å². The maximum absolute atomic E-state index is 5.38. The van der Waals surface area contributed by atoms with Crippen molar-refractivity contribution in [1.29, 1.82) is 0 Å². The molecule has 0 aliphatic heterocycles. The van der Waals surface area contributed by atoms with Crippen LogP contribution in [0.2, 0.25) is 0 Å². The van der Waals surface area contributed by atoms with Crippen LogP contribution < -0.4 is 0 Å². The lowest BCUT2D eigenvalue weighted by Gasteiger charge is -2.14. The molecule has 0 unspecified atom stereocenters. The molecule has 0 fully saturated rings. The van der Waals surface area contributed by atoms with Crippen molar-refractivity contribution >= 4 is 64.9 Å². The minimum absolute atomic E-state index is 0.677. The van der Waals surface area contributed by atoms with Crippen molar-refractivity contribution in [3.63, 3.8) is 0 Å². The zero-order valence-electron chi connectivity index (χ0n) is 45.4. The Kier molecular flexibility index (Phi) is 11.8. The van der Waals surface area contributed by atoms with E-state index in [4.69, 9.17) is 19.9 Å². The normalized spacial score (nSPS) is 11.6. The van der Waals surface area contributed by atoms with E-state index in [1.165, 1.54) is 21.5 Å². The van der Waals surface area contributed by atoms with Crippen molar-refractivity contribution < 1.29 is 0 Å². The molecule has 0 saturated heterocycles. The van der Waals surface area contributed by atoms with Gasteiger partial charge in [-0.15, -0.1) is 0 Å². The standard InChI is InChI=1S/C78H48N6/c1-3-15-63-59(11-1)45-69(67-19-7-5-17-65(63)67)77-81-73(47-75(83-77)55-33-25-51(26-34-55)57-37-39-71-61(43-57)13-9-41-79-71)53-29-21-49(22-30-53)50-23-31-54(32-24-50)74-48-76(56-35-27-52(28-36-56)58-38-40-72-62(44-58)14-10-42-80-72)84-78(82-74)70-46-60-12-2-4-16-64(60)66-18-6-8-20-68(66)70/h1-48H. The lowest BCUT2D eigenvalue weighted by molar-refractivity contribution is 1.19. The highest BCUT2D eigenvalue weighted by Crippen LogP contribution is 2.40. The molecule has 0 atom stereocenters. The van der Waals surface area contributed by atoms with Gasteiger partial charge in [-0.25, -0.2) is 19.9 Å². The lowest BCUT2D eigenvalue weighted by atomic mass is 9.96. The van der Waals surface area contributed by atoms with E-state index in [1.807, 2.05) is 24.5 Å². The summed E-state index contributed by atoms with van der Waals surface area (Å²) in [4.78, 5) is 30.6. The number of rotatable bonds is 9. The quantitative estimate of drug-likeness (QED) is 0.134. The molecule has 0 radical (unpaired) electrons. The van der Waals surface area contributed by atoms with Crippen molar-refractivity contribution in [2.75, 3.05) is 0 Å². The number of fused-ring (bicyclic) bond motifs is 8. The summed E-state index contributed by atoms with van der Waals surface area (Å²) in [5.41, 5.74) is 18.1. The van der Waals surface area contributed by atoms with Gasteiger partial charge in [-0.3, -0.25) is 9.97 Å². The van der Waals surface area contributed by atoms with Crippen molar-refractivity contribution in [1.82, 2.24) is 29.9 Å². The highest BCUT2D eigenvalue weighted by Gasteiger charge is 2.18. The van der Waals surface area contributed by atoms with Crippen LogP contribution in [0.3, 0.4) is 0 Å². The van der Waals surface area contributed by atoms with Crippen molar-refractivity contribution in [2.24, 2.45) is 0 Å². The number of benzene rings is 12. The summed E-state index contributed by atoms with van der Waals surface area (Å²) in [6, 6.07) is 98.9. The maximum atomic E-state index is 5.38. The Morgan fingerprint density at radius 1 is 0.190 bits per heavy atom. The van der Waals surface area contributed by atoms with E-state index in [9.17, 15) is 0 Å². The van der Waals surface area contributed by atoms with Gasteiger partial charge in [0.05, 0.1) is 33.8 Å². The van der Waals surface area contributed by atoms with Crippen LogP contribution in [0.4, 0.5) is 0 Å². The summed E-state index contributed by atoms with van der Waals surface area (Å²) >= 11 is 0. The Balaban J connectivity index is 0.758. The van der Waals surface area contributed by atoms with E-state index < -0.39 is 0 Å². The SMILES string of the molecule is c1cnc2ccc(-c3ccc(-c4cc(-c5ccc(-c6ccc(-c7cc(-c8ccc(-c9ccc%10ncccc%10c9)cc8)nc(-c8cc9ccccc9c9ccccc89)n7)cc6)cc5)nc(-c5cc6ccccc6c6ccccc56)n4)cc3)cc2c1. The number of hydrogen-bond donors (Lipinski definition) is 0. The molecule has 0 spiro atoms. The Morgan fingerprint density at radius 2 is 0.476 bits per heavy atom. The summed E-state index contributed by atoms with van der Waals surface area (Å²) in [6.07, 6.45) is 3.67. The highest BCUT2D eigenvalue weighted by atomic mass is 14.9. The molecule has 16 aromatic rings. The molecule has 12 aromatic carbocycles. The molecule has 4 aromatic heterocycles. The maximum Gasteiger partial charge on any atom is 0.161 e. The Labute approximate surface area is 484 Å². The second-order valence-corrected chi connectivity index (χ2v) is 21.4. The van der Waals surface area contributed by atoms with Gasteiger partial charge >= 0.3 is 0 Å². The Bertz CT molecular complexity index is 4900. The van der Waals surface area contributed by atoms with Crippen LogP contribution in [-0.2, 0) is 0 Å². The third kappa shape index (κ3) is 8.87. The number of nitrogens with zero attached hydrogens (tertiary/aromatic N) is 6. The molecule has 84 heavy (non-hydrogen) atoms. The van der Waals surface area contributed by atoms with Crippen LogP contribution in [0.15, 0.2) is 291 Å². The zero-order chi connectivity index (χ0) is 55.5. The number of hydrogen-bond acceptors (Lipinski definition) is 6. The first-order valence-electron chi connectivity index (χ1n) is 28.3. The van der Waals surface area contributed by atoms with Crippen LogP contribution in [0, 0.1) is 0 Å². The molecule has 0 N–H and O–H groups in total. The zero-order valence-corrected chi connectivity index (χ0v) is 45.4. The van der Waals surface area contributed by atoms with Crippen molar-refractivity contribution in [3.8, 4) is 101 Å². The summed E-state index contributed by atoms with van der Waals surface area (Å²) < 4.78 is 0. The first-order valence-corrected chi connectivity index (χ1v) is 28.3. The summed E-state index contributed by atoms with van der Waals surface area (Å²) in [5, 5.41) is 11.5. The molecule has 0 aliphatic rings. The number of pyridine rings is 2. The minimum Gasteiger partial charge on any atom is -0.256 e. The van der Waals surface area contributed by atoms with E-state index in [2.05, 4.69) is 277 Å². The second-order valence-electron chi connectivity index (χ2n) is 21.4. The largest absolute Gasteiger partial charge is 0.256 e. The second kappa shape index (κ2) is 20.3. The predicted molar refractivity (Wildman–Crippen MR) is 347 cm³/mol. The van der Waals surface area contributed by atoms with Crippen LogP contribution in [0.25, 0.3) is 166 Å². The molecular weight excluding hydrogens is 1020 g/mol. The molecule has 4 heterocycles. The third-order valence-corrected chi connectivity index (χ3v) is 16.4. The van der Waals surface area contributed by atoms with Gasteiger partial charge < -0.3 is 0 Å².